The third-order valence-electron chi connectivity index (χ3n) is 2.99. The Morgan fingerprint density at radius 2 is 2.09 bits per heavy atom. The first-order valence-corrected chi connectivity index (χ1v) is 7.73. The number of alkyl carbamates (subject to hydrolysis) is 1. The van der Waals surface area contributed by atoms with Crippen molar-refractivity contribution in [1.82, 2.24) is 5.32 Å². The highest BCUT2D eigenvalue weighted by Crippen LogP contribution is 2.22. The van der Waals surface area contributed by atoms with E-state index in [-0.39, 0.29) is 25.1 Å². The summed E-state index contributed by atoms with van der Waals surface area (Å²) < 4.78 is 23.8. The lowest BCUT2D eigenvalue weighted by molar-refractivity contribution is 0.0506. The van der Waals surface area contributed by atoms with Crippen molar-refractivity contribution in [2.24, 2.45) is 0 Å². The molecule has 0 radical (unpaired) electrons. The van der Waals surface area contributed by atoms with Crippen molar-refractivity contribution in [1.29, 1.82) is 0 Å². The van der Waals surface area contributed by atoms with Crippen LogP contribution >= 0.6 is 0 Å². The van der Waals surface area contributed by atoms with Crippen LogP contribution in [0.4, 0.5) is 9.18 Å². The standard InChI is InChI=1S/C17H26FNO4/c1-12(19-16(21)23-17(2,3)4)5-6-13-7-8-14(18)11-15(13)22-10-9-20/h7-8,11-12,20H,5-6,9-10H2,1-4H3,(H,19,21)/t12-/m0/s1. The van der Waals surface area contributed by atoms with E-state index in [1.165, 1.54) is 12.1 Å². The molecule has 6 heteroatoms. The molecule has 0 spiro atoms. The van der Waals surface area contributed by atoms with Gasteiger partial charge in [-0.2, -0.15) is 0 Å². The normalized spacial score (nSPS) is 12.6. The average molecular weight is 327 g/mol. The minimum absolute atomic E-state index is 0.0967. The van der Waals surface area contributed by atoms with Gasteiger partial charge in [0.1, 0.15) is 23.8 Å². The van der Waals surface area contributed by atoms with Gasteiger partial charge in [-0.15, -0.1) is 0 Å². The van der Waals surface area contributed by atoms with Gasteiger partial charge in [0.15, 0.2) is 0 Å². The van der Waals surface area contributed by atoms with Crippen molar-refractivity contribution in [3.8, 4) is 5.75 Å². The number of aliphatic hydroxyl groups excluding tert-OH is 1. The van der Waals surface area contributed by atoms with Gasteiger partial charge in [-0.25, -0.2) is 9.18 Å². The van der Waals surface area contributed by atoms with Crippen LogP contribution in [0, 0.1) is 5.82 Å². The van der Waals surface area contributed by atoms with Crippen molar-refractivity contribution in [2.45, 2.75) is 52.2 Å². The highest BCUT2D eigenvalue weighted by Gasteiger charge is 2.18. The summed E-state index contributed by atoms with van der Waals surface area (Å²) in [7, 11) is 0. The molecule has 0 aromatic heterocycles. The van der Waals surface area contributed by atoms with E-state index in [0.717, 1.165) is 5.56 Å². The molecular formula is C17H26FNO4. The largest absolute Gasteiger partial charge is 0.491 e. The molecule has 0 aliphatic rings. The molecule has 23 heavy (non-hydrogen) atoms. The number of carbonyl (C=O) groups excluding carboxylic acids is 1. The van der Waals surface area contributed by atoms with Crippen molar-refractivity contribution < 1.29 is 23.8 Å². The van der Waals surface area contributed by atoms with Crippen LogP contribution in [0.1, 0.15) is 39.7 Å². The number of aliphatic hydroxyl groups is 1. The fourth-order valence-electron chi connectivity index (χ4n) is 1.98. The number of carbonyl (C=O) groups is 1. The van der Waals surface area contributed by atoms with Crippen LogP contribution in [0.15, 0.2) is 18.2 Å². The van der Waals surface area contributed by atoms with E-state index in [1.54, 1.807) is 26.8 Å². The lowest BCUT2D eigenvalue weighted by Gasteiger charge is -2.22. The van der Waals surface area contributed by atoms with Gasteiger partial charge in [0.05, 0.1) is 6.61 Å². The van der Waals surface area contributed by atoms with Gasteiger partial charge in [-0.1, -0.05) is 6.07 Å². The van der Waals surface area contributed by atoms with Crippen LogP contribution in [0.3, 0.4) is 0 Å². The Morgan fingerprint density at radius 3 is 2.70 bits per heavy atom. The van der Waals surface area contributed by atoms with Gasteiger partial charge in [0.2, 0.25) is 0 Å². The van der Waals surface area contributed by atoms with Crippen LogP contribution in [0.2, 0.25) is 0 Å². The smallest absolute Gasteiger partial charge is 0.407 e. The van der Waals surface area contributed by atoms with Crippen LogP contribution < -0.4 is 10.1 Å². The minimum atomic E-state index is -0.536. The van der Waals surface area contributed by atoms with Crippen LogP contribution in [0.5, 0.6) is 5.75 Å². The molecule has 0 aliphatic carbocycles. The molecule has 0 saturated heterocycles. The molecule has 5 nitrogen and oxygen atoms in total. The highest BCUT2D eigenvalue weighted by molar-refractivity contribution is 5.68. The quantitative estimate of drug-likeness (QED) is 0.808. The molecule has 2 N–H and O–H groups in total. The Morgan fingerprint density at radius 1 is 1.39 bits per heavy atom. The van der Waals surface area contributed by atoms with Crippen molar-refractivity contribution in [3.05, 3.63) is 29.6 Å². The predicted molar refractivity (Wildman–Crippen MR) is 86.1 cm³/mol. The number of benzene rings is 1. The zero-order valence-electron chi connectivity index (χ0n) is 14.2. The van der Waals surface area contributed by atoms with E-state index in [1.807, 2.05) is 6.92 Å². The van der Waals surface area contributed by atoms with E-state index < -0.39 is 11.7 Å². The van der Waals surface area contributed by atoms with E-state index in [2.05, 4.69) is 5.32 Å². The summed E-state index contributed by atoms with van der Waals surface area (Å²) in [5.74, 6) is 0.0325. The number of rotatable bonds is 7. The molecule has 0 saturated carbocycles. The fourth-order valence-corrected chi connectivity index (χ4v) is 1.98. The maximum absolute atomic E-state index is 13.3. The molecule has 1 amide bonds. The third kappa shape index (κ3) is 7.83. The van der Waals surface area contributed by atoms with Crippen LogP contribution in [-0.4, -0.2) is 36.1 Å². The van der Waals surface area contributed by atoms with Crippen LogP contribution in [-0.2, 0) is 11.2 Å². The summed E-state index contributed by atoms with van der Waals surface area (Å²) in [6, 6.07) is 4.23. The maximum Gasteiger partial charge on any atom is 0.407 e. The second kappa shape index (κ2) is 8.72. The van der Waals surface area contributed by atoms with Crippen LogP contribution in [0.25, 0.3) is 0 Å². The first-order chi connectivity index (χ1) is 10.7. The number of ether oxygens (including phenoxy) is 2. The van der Waals surface area contributed by atoms with Crippen molar-refractivity contribution >= 4 is 6.09 Å². The lowest BCUT2D eigenvalue weighted by atomic mass is 10.1. The van der Waals surface area contributed by atoms with E-state index >= 15 is 0 Å². The Balaban J connectivity index is 2.55. The monoisotopic (exact) mass is 327 g/mol. The molecule has 0 bridgehead atoms. The number of nitrogens with one attached hydrogen (secondary N) is 1. The number of hydrogen-bond donors (Lipinski definition) is 2. The number of amides is 1. The molecule has 0 fully saturated rings. The SMILES string of the molecule is C[C@@H](CCc1ccc(F)cc1OCCO)NC(=O)OC(C)(C)C. The highest BCUT2D eigenvalue weighted by atomic mass is 19.1. The molecular weight excluding hydrogens is 301 g/mol. The van der Waals surface area contributed by atoms with Crippen molar-refractivity contribution in [3.63, 3.8) is 0 Å². The van der Waals surface area contributed by atoms with Gasteiger partial charge >= 0.3 is 6.09 Å². The fraction of sp³-hybridized carbons (Fsp3) is 0.588. The van der Waals surface area contributed by atoms with Gasteiger partial charge in [0.25, 0.3) is 0 Å². The Bertz CT molecular complexity index is 514. The Labute approximate surface area is 136 Å². The third-order valence-corrected chi connectivity index (χ3v) is 2.99. The number of aryl methyl sites for hydroxylation is 1. The summed E-state index contributed by atoms with van der Waals surface area (Å²) in [5, 5.41) is 11.6. The van der Waals surface area contributed by atoms with Crippen molar-refractivity contribution in [2.75, 3.05) is 13.2 Å². The first kappa shape index (κ1) is 19.2. The first-order valence-electron chi connectivity index (χ1n) is 7.73. The molecule has 1 aromatic rings. The van der Waals surface area contributed by atoms with Gasteiger partial charge in [-0.05, 0) is 52.2 Å². The summed E-state index contributed by atoms with van der Waals surface area (Å²) >= 11 is 0. The number of halogens is 1. The zero-order valence-corrected chi connectivity index (χ0v) is 14.2. The molecule has 1 rings (SSSR count). The lowest BCUT2D eigenvalue weighted by Crippen LogP contribution is -2.37. The Hall–Kier alpha value is -1.82. The maximum atomic E-state index is 13.3. The summed E-state index contributed by atoms with van der Waals surface area (Å²) in [6.07, 6.45) is 0.805. The molecule has 0 unspecified atom stereocenters. The second-order valence-corrected chi connectivity index (χ2v) is 6.41. The minimum Gasteiger partial charge on any atom is -0.491 e. The zero-order chi connectivity index (χ0) is 17.5. The predicted octanol–water partition coefficient (Wildman–Crippen LogP) is 3.04. The summed E-state index contributed by atoms with van der Waals surface area (Å²) in [4.78, 5) is 11.7. The number of hydrogen-bond acceptors (Lipinski definition) is 4. The summed E-state index contributed by atoms with van der Waals surface area (Å²) in [6.45, 7) is 7.28. The summed E-state index contributed by atoms with van der Waals surface area (Å²) in [5.41, 5.74) is 0.296. The molecule has 1 aromatic carbocycles. The van der Waals surface area contributed by atoms with E-state index in [0.29, 0.717) is 18.6 Å². The second-order valence-electron chi connectivity index (χ2n) is 6.41. The molecule has 130 valence electrons. The topological polar surface area (TPSA) is 67.8 Å². The van der Waals surface area contributed by atoms with Gasteiger partial charge < -0.3 is 19.9 Å². The molecule has 0 heterocycles. The molecule has 1 atom stereocenters. The Kier molecular flexibility index (Phi) is 7.29. The van der Waals surface area contributed by atoms with Gasteiger partial charge in [-0.3, -0.25) is 0 Å². The van der Waals surface area contributed by atoms with E-state index in [4.69, 9.17) is 14.6 Å². The van der Waals surface area contributed by atoms with Gasteiger partial charge in [0, 0.05) is 12.1 Å². The average Bonchev–Trinajstić information content (AvgIpc) is 2.41. The molecule has 0 aliphatic heterocycles. The van der Waals surface area contributed by atoms with E-state index in [9.17, 15) is 9.18 Å².